The fourth-order valence-electron chi connectivity index (χ4n) is 8.35. The smallest absolute Gasteiger partial charge is 0.244 e. The molecule has 18 heteroatoms. The summed E-state index contributed by atoms with van der Waals surface area (Å²) in [4.78, 5) is 42.9. The van der Waals surface area contributed by atoms with Gasteiger partial charge in [0.15, 0.2) is 0 Å². The quantitative estimate of drug-likeness (QED) is 0.0569. The third-order valence-corrected chi connectivity index (χ3v) is 15.4. The van der Waals surface area contributed by atoms with Crippen molar-refractivity contribution in [2.24, 2.45) is 0 Å². The van der Waals surface area contributed by atoms with Crippen LogP contribution in [0.2, 0.25) is 0 Å². The molecule has 3 unspecified atom stereocenters. The number of aromatic nitrogens is 3. The second-order valence-corrected chi connectivity index (χ2v) is 27.7. The number of nitrogens with zero attached hydrogens (tertiary/aromatic N) is 6. The molecule has 3 atom stereocenters. The van der Waals surface area contributed by atoms with E-state index in [1.54, 1.807) is 18.8 Å². The van der Waals surface area contributed by atoms with Crippen molar-refractivity contribution in [2.75, 3.05) is 59.3 Å². The molecule has 4 heterocycles. The molecule has 0 bridgehead atoms. The molecule has 0 aliphatic carbocycles. The molecule has 6 aromatic rings. The maximum absolute atomic E-state index is 13.8. The largest absolute Gasteiger partial charge is 0.491 e. The van der Waals surface area contributed by atoms with E-state index < -0.39 is 21.9 Å². The van der Waals surface area contributed by atoms with Gasteiger partial charge >= 0.3 is 0 Å². The summed E-state index contributed by atoms with van der Waals surface area (Å²) < 4.78 is 57.6. The van der Waals surface area contributed by atoms with E-state index in [0.29, 0.717) is 98.1 Å². The zero-order chi connectivity index (χ0) is 56.2. The Morgan fingerprint density at radius 1 is 0.468 bits per heavy atom. The molecule has 14 nitrogen and oxygen atoms in total. The Morgan fingerprint density at radius 3 is 1.10 bits per heavy atom. The van der Waals surface area contributed by atoms with Crippen molar-refractivity contribution in [3.63, 3.8) is 0 Å². The Hall–Kier alpha value is -4.74. The van der Waals surface area contributed by atoms with Gasteiger partial charge in [-0.1, -0.05) is 35.5 Å². The molecule has 3 aromatic carbocycles. The third-order valence-electron chi connectivity index (χ3n) is 12.0. The molecule has 415 valence electrons. The van der Waals surface area contributed by atoms with Crippen molar-refractivity contribution in [2.45, 2.75) is 79.5 Å². The van der Waals surface area contributed by atoms with Crippen LogP contribution in [0, 0.1) is 91.6 Å². The summed E-state index contributed by atoms with van der Waals surface area (Å²) in [7, 11) is -10.7. The number of rotatable bonds is 15. The van der Waals surface area contributed by atoms with Gasteiger partial charge in [0, 0.05) is 149 Å². The monoisotopic (exact) mass is 1260 g/mol. The fraction of sp³-hybridized carbons (Fsp3) is 0.344. The standard InChI is InChI=1S/C61H70N6O8P3.Eu/c1-44(2)73-56-25-16-47(17-26-56)11-13-50-37-54(62-59(39-50)77(9,69)70)42-66-33-31-65(41-53-24-23-52(61(64-53)76(7,8)68)22-15-49-20-29-58(30-21-49)75-46(5)6)32-34-67(36-35-66)43-55-38-51(40-60(63-55)78(10,71)72)14-12-48-18-27-57(28-19-48)74-45(3)4;/h16-21,23-30,37-40,44-46H,7,31-36,41-43H2,1-6,8-10H3,(H,69,70)(H,71,72);/q-1;. The number of hydrogen-bond donors (Lipinski definition) is 2. The summed E-state index contributed by atoms with van der Waals surface area (Å²) in [6, 6.07) is 33.2. The Kier molecular flexibility index (Phi) is 23.1. The van der Waals surface area contributed by atoms with Crippen LogP contribution in [0.3, 0.4) is 0 Å². The normalized spacial score (nSPS) is 15.7. The first-order valence-electron chi connectivity index (χ1n) is 26.0. The Labute approximate surface area is 508 Å². The predicted octanol–water partition coefficient (Wildman–Crippen LogP) is 8.71. The molecule has 79 heavy (non-hydrogen) atoms. The summed E-state index contributed by atoms with van der Waals surface area (Å²) in [6.45, 7) is 24.7. The van der Waals surface area contributed by atoms with Gasteiger partial charge in [0.2, 0.25) is 14.7 Å². The van der Waals surface area contributed by atoms with Crippen LogP contribution in [0.25, 0.3) is 0 Å². The van der Waals surface area contributed by atoms with Crippen LogP contribution in [0.4, 0.5) is 0 Å². The molecular formula is C61H70EuN6O8P3-. The van der Waals surface area contributed by atoms with Gasteiger partial charge in [-0.25, -0.2) is 15.0 Å². The first-order chi connectivity index (χ1) is 36.9. The van der Waals surface area contributed by atoms with Crippen LogP contribution in [-0.4, -0.2) is 117 Å². The van der Waals surface area contributed by atoms with Crippen LogP contribution >= 0.6 is 21.9 Å². The van der Waals surface area contributed by atoms with E-state index in [-0.39, 0.29) is 78.6 Å². The van der Waals surface area contributed by atoms with Crippen molar-refractivity contribution < 1.29 is 87.1 Å². The van der Waals surface area contributed by atoms with Crippen LogP contribution < -0.4 is 30.5 Å². The average molecular weight is 1260 g/mol. The summed E-state index contributed by atoms with van der Waals surface area (Å²) in [5.41, 5.74) is 6.34. The molecule has 1 fully saturated rings. The second kappa shape index (κ2) is 28.8. The number of benzene rings is 3. The molecule has 1 saturated heterocycles. The minimum atomic E-state index is -3.79. The van der Waals surface area contributed by atoms with E-state index >= 15 is 0 Å². The number of hydrogen-bond acceptors (Lipinski definition) is 12. The van der Waals surface area contributed by atoms with E-state index in [9.17, 15) is 23.5 Å². The molecule has 0 spiro atoms. The molecular weight excluding hydrogens is 1190 g/mol. The topological polar surface area (TPSA) is 168 Å². The van der Waals surface area contributed by atoms with Crippen LogP contribution in [0.5, 0.6) is 17.2 Å². The van der Waals surface area contributed by atoms with E-state index in [1.807, 2.05) is 139 Å². The van der Waals surface area contributed by atoms with E-state index in [4.69, 9.17) is 29.2 Å². The maximum atomic E-state index is 13.8. The fourth-order valence-corrected chi connectivity index (χ4v) is 10.7. The molecule has 0 saturated carbocycles. The van der Waals surface area contributed by atoms with Gasteiger partial charge in [-0.05, 0) is 165 Å². The Balaban J connectivity index is 0.0000101. The SMILES string of the molecule is [CH2-]P(C)(=O)c1nc(CN2CCN(Cc3cc(C#Cc4ccc(OC(C)C)cc4)cc(P(C)(=O)O)n3)CCN(Cc3cc(C#Cc4ccc(OC(C)C)cc4)cc(P(C)(=O)O)n3)CC2)ccc1C#Cc1ccc(OC(C)C)cc1.[Eu]. The van der Waals surface area contributed by atoms with E-state index in [2.05, 4.69) is 56.9 Å². The summed E-state index contributed by atoms with van der Waals surface area (Å²) in [5.74, 6) is 21.4. The zero-order valence-corrected chi connectivity index (χ0v) is 51.6. The first-order valence-corrected chi connectivity index (χ1v) is 32.5. The van der Waals surface area contributed by atoms with Crippen molar-refractivity contribution in [3.8, 4) is 52.8 Å². The van der Waals surface area contributed by atoms with Crippen molar-refractivity contribution in [1.82, 2.24) is 29.7 Å². The Bertz CT molecular complexity index is 3240. The van der Waals surface area contributed by atoms with Gasteiger partial charge in [0.1, 0.15) is 28.1 Å². The van der Waals surface area contributed by atoms with Gasteiger partial charge < -0.3 is 28.6 Å². The zero-order valence-electron chi connectivity index (χ0n) is 46.4. The molecule has 7 rings (SSSR count). The number of pyridine rings is 3. The van der Waals surface area contributed by atoms with Crippen LogP contribution in [0.15, 0.2) is 109 Å². The molecule has 1 radical (unpaired) electrons. The number of ether oxygens (including phenoxy) is 3. The van der Waals surface area contributed by atoms with E-state index in [0.717, 1.165) is 33.9 Å². The van der Waals surface area contributed by atoms with Crippen molar-refractivity contribution in [3.05, 3.63) is 166 Å². The van der Waals surface area contributed by atoms with Gasteiger partial charge in [0.05, 0.1) is 46.4 Å². The predicted molar refractivity (Wildman–Crippen MR) is 312 cm³/mol. The van der Waals surface area contributed by atoms with Gasteiger partial charge in [-0.3, -0.25) is 30.5 Å². The molecule has 2 N–H and O–H groups in total. The minimum Gasteiger partial charge on any atom is -0.491 e. The molecule has 1 aliphatic heterocycles. The average Bonchev–Trinajstić information content (AvgIpc) is 3.49. The second-order valence-electron chi connectivity index (χ2n) is 20.6. The first kappa shape index (κ1) is 63.4. The molecule has 1 aliphatic rings. The van der Waals surface area contributed by atoms with Gasteiger partial charge in [0.25, 0.3) is 0 Å². The molecule has 3 aromatic heterocycles. The summed E-state index contributed by atoms with van der Waals surface area (Å²) in [6.07, 6.45) is 0.114. The summed E-state index contributed by atoms with van der Waals surface area (Å²) in [5, 5.41) is 0. The van der Waals surface area contributed by atoms with Gasteiger partial charge in [-0.2, -0.15) is 0 Å². The third kappa shape index (κ3) is 20.6. The minimum absolute atomic E-state index is 0. The Morgan fingerprint density at radius 2 is 0.785 bits per heavy atom. The van der Waals surface area contributed by atoms with Crippen LogP contribution in [0.1, 0.15) is 92.0 Å². The van der Waals surface area contributed by atoms with Gasteiger partial charge in [-0.15, -0.1) is 0 Å². The summed E-state index contributed by atoms with van der Waals surface area (Å²) >= 11 is 0. The van der Waals surface area contributed by atoms with E-state index in [1.165, 1.54) is 13.3 Å². The van der Waals surface area contributed by atoms with Crippen molar-refractivity contribution >= 4 is 38.2 Å². The van der Waals surface area contributed by atoms with Crippen molar-refractivity contribution in [1.29, 1.82) is 0 Å². The van der Waals surface area contributed by atoms with Crippen LogP contribution in [-0.2, 0) is 33.3 Å². The maximum Gasteiger partial charge on any atom is 0.244 e. The molecule has 0 amide bonds.